The average Bonchev–Trinajstić information content (AvgIpc) is 2.14. The largest absolute Gasteiger partial charge is 0.295 e. The molecule has 14 heavy (non-hydrogen) atoms. The monoisotopic (exact) mass is 196 g/mol. The van der Waals surface area contributed by atoms with E-state index < -0.39 is 0 Å². The second kappa shape index (κ2) is 7.78. The Hall–Kier alpha value is -0.590. The van der Waals surface area contributed by atoms with Gasteiger partial charge in [0.05, 0.1) is 0 Å². The molecule has 0 fully saturated rings. The lowest BCUT2D eigenvalue weighted by molar-refractivity contribution is -0.119. The molecule has 0 aliphatic heterocycles. The van der Waals surface area contributed by atoms with E-state index in [2.05, 4.69) is 20.8 Å². The molecule has 0 aromatic rings. The van der Waals surface area contributed by atoms with Gasteiger partial charge in [-0.25, -0.2) is 0 Å². The van der Waals surface area contributed by atoms with Gasteiger partial charge in [-0.3, -0.25) is 4.79 Å². The second-order valence-electron chi connectivity index (χ2n) is 4.06. The highest BCUT2D eigenvalue weighted by atomic mass is 16.1. The fourth-order valence-corrected chi connectivity index (χ4v) is 1.96. The zero-order valence-electron chi connectivity index (χ0n) is 10.0. The van der Waals surface area contributed by atoms with Crippen molar-refractivity contribution >= 4 is 5.78 Å². The van der Waals surface area contributed by atoms with E-state index in [1.54, 1.807) is 6.08 Å². The van der Waals surface area contributed by atoms with Crippen molar-refractivity contribution < 1.29 is 4.79 Å². The van der Waals surface area contributed by atoms with E-state index in [-0.39, 0.29) is 5.92 Å². The minimum atomic E-state index is 0.246. The third-order valence-electron chi connectivity index (χ3n) is 2.73. The summed E-state index contributed by atoms with van der Waals surface area (Å²) in [5.74, 6) is 1.09. The summed E-state index contributed by atoms with van der Waals surface area (Å²) >= 11 is 0. The molecule has 1 heteroatoms. The molecule has 0 heterocycles. The zero-order valence-corrected chi connectivity index (χ0v) is 10.0. The van der Waals surface area contributed by atoms with E-state index in [9.17, 15) is 4.79 Å². The number of hydrogen-bond acceptors (Lipinski definition) is 1. The molecule has 0 rings (SSSR count). The molecule has 0 N–H and O–H groups in total. The molecule has 2 atom stereocenters. The van der Waals surface area contributed by atoms with E-state index in [1.165, 1.54) is 6.42 Å². The molecule has 82 valence electrons. The van der Waals surface area contributed by atoms with Gasteiger partial charge in [-0.05, 0) is 25.3 Å². The summed E-state index contributed by atoms with van der Waals surface area (Å²) in [4.78, 5) is 11.8. The normalized spacial score (nSPS) is 15.7. The van der Waals surface area contributed by atoms with Crippen LogP contribution in [0.3, 0.4) is 0 Å². The predicted octanol–water partition coefficient (Wildman–Crippen LogP) is 3.98. The molecule has 0 spiro atoms. The Morgan fingerprint density at radius 3 is 2.21 bits per heavy atom. The first kappa shape index (κ1) is 13.4. The van der Waals surface area contributed by atoms with Gasteiger partial charge in [0, 0.05) is 5.92 Å². The van der Waals surface area contributed by atoms with Crippen LogP contribution in [0, 0.1) is 11.8 Å². The Kier molecular flexibility index (Phi) is 7.45. The predicted molar refractivity (Wildman–Crippen MR) is 62.3 cm³/mol. The molecule has 2 unspecified atom stereocenters. The summed E-state index contributed by atoms with van der Waals surface area (Å²) in [7, 11) is 0. The minimum absolute atomic E-state index is 0.246. The minimum Gasteiger partial charge on any atom is -0.295 e. The van der Waals surface area contributed by atoms with Crippen LogP contribution in [-0.4, -0.2) is 5.78 Å². The number of rotatable bonds is 7. The van der Waals surface area contributed by atoms with Crippen LogP contribution in [0.4, 0.5) is 0 Å². The molecule has 0 radical (unpaired) electrons. The fraction of sp³-hybridized carbons (Fsp3) is 0.769. The smallest absolute Gasteiger partial charge is 0.158 e. The number of carbonyl (C=O) groups excluding carboxylic acids is 1. The van der Waals surface area contributed by atoms with Crippen molar-refractivity contribution in [1.82, 2.24) is 0 Å². The quantitative estimate of drug-likeness (QED) is 0.563. The molecule has 0 amide bonds. The molecule has 0 aliphatic carbocycles. The maximum atomic E-state index is 11.8. The summed E-state index contributed by atoms with van der Waals surface area (Å²) in [6.07, 6.45) is 8.04. The highest BCUT2D eigenvalue weighted by Gasteiger charge is 2.21. The standard InChI is InChI=1S/C13H24O/c1-5-8-11(4)12(9-6-2)13(14)10-7-3/h7,10-12H,5-6,8-9H2,1-4H3. The third kappa shape index (κ3) is 4.59. The maximum Gasteiger partial charge on any atom is 0.158 e. The lowest BCUT2D eigenvalue weighted by Crippen LogP contribution is -2.20. The molecular weight excluding hydrogens is 172 g/mol. The Balaban J connectivity index is 4.32. The molecule has 0 saturated heterocycles. The van der Waals surface area contributed by atoms with Crippen LogP contribution in [0.15, 0.2) is 12.2 Å². The Labute approximate surface area is 88.6 Å². The first-order valence-electron chi connectivity index (χ1n) is 5.83. The van der Waals surface area contributed by atoms with E-state index in [1.807, 2.05) is 13.0 Å². The van der Waals surface area contributed by atoms with Crippen molar-refractivity contribution in [1.29, 1.82) is 0 Å². The maximum absolute atomic E-state index is 11.8. The van der Waals surface area contributed by atoms with Gasteiger partial charge in [0.25, 0.3) is 0 Å². The molecule has 0 saturated carbocycles. The molecular formula is C13H24O. The highest BCUT2D eigenvalue weighted by Crippen LogP contribution is 2.23. The number of hydrogen-bond donors (Lipinski definition) is 0. The van der Waals surface area contributed by atoms with Gasteiger partial charge in [-0.1, -0.05) is 46.1 Å². The van der Waals surface area contributed by atoms with Gasteiger partial charge >= 0.3 is 0 Å². The summed E-state index contributed by atoms with van der Waals surface area (Å²) < 4.78 is 0. The Bertz CT molecular complexity index is 182. The Morgan fingerprint density at radius 1 is 1.21 bits per heavy atom. The van der Waals surface area contributed by atoms with Crippen LogP contribution < -0.4 is 0 Å². The van der Waals surface area contributed by atoms with Crippen LogP contribution in [0.5, 0.6) is 0 Å². The van der Waals surface area contributed by atoms with Crippen molar-refractivity contribution in [3.05, 3.63) is 12.2 Å². The molecule has 0 bridgehead atoms. The summed E-state index contributed by atoms with van der Waals surface area (Å²) in [6, 6.07) is 0. The summed E-state index contributed by atoms with van der Waals surface area (Å²) in [5, 5.41) is 0. The topological polar surface area (TPSA) is 17.1 Å². The van der Waals surface area contributed by atoms with Crippen molar-refractivity contribution in [3.63, 3.8) is 0 Å². The van der Waals surface area contributed by atoms with Crippen LogP contribution >= 0.6 is 0 Å². The molecule has 0 aromatic carbocycles. The Morgan fingerprint density at radius 2 is 1.79 bits per heavy atom. The second-order valence-corrected chi connectivity index (χ2v) is 4.06. The first-order valence-corrected chi connectivity index (χ1v) is 5.83. The van der Waals surface area contributed by atoms with Crippen molar-refractivity contribution in [2.24, 2.45) is 11.8 Å². The lowest BCUT2D eigenvalue weighted by Gasteiger charge is -2.20. The fourth-order valence-electron chi connectivity index (χ4n) is 1.96. The van der Waals surface area contributed by atoms with Crippen LogP contribution in [0.2, 0.25) is 0 Å². The van der Waals surface area contributed by atoms with Crippen LogP contribution in [0.1, 0.15) is 53.4 Å². The number of ketones is 1. The van der Waals surface area contributed by atoms with Crippen LogP contribution in [-0.2, 0) is 4.79 Å². The first-order chi connectivity index (χ1) is 6.67. The van der Waals surface area contributed by atoms with Crippen LogP contribution in [0.25, 0.3) is 0 Å². The van der Waals surface area contributed by atoms with Gasteiger partial charge in [0.15, 0.2) is 5.78 Å². The number of carbonyl (C=O) groups is 1. The van der Waals surface area contributed by atoms with Gasteiger partial charge in [-0.15, -0.1) is 0 Å². The number of allylic oxidation sites excluding steroid dienone is 2. The third-order valence-corrected chi connectivity index (χ3v) is 2.73. The van der Waals surface area contributed by atoms with E-state index in [0.29, 0.717) is 11.7 Å². The van der Waals surface area contributed by atoms with Gasteiger partial charge in [0.2, 0.25) is 0 Å². The SMILES string of the molecule is CC=CC(=O)C(CCC)C(C)CCC. The molecule has 0 aromatic heterocycles. The van der Waals surface area contributed by atoms with Gasteiger partial charge < -0.3 is 0 Å². The van der Waals surface area contributed by atoms with Crippen molar-refractivity contribution in [3.8, 4) is 0 Å². The van der Waals surface area contributed by atoms with Gasteiger partial charge in [0.1, 0.15) is 0 Å². The zero-order chi connectivity index (χ0) is 11.0. The molecule has 0 aliphatic rings. The van der Waals surface area contributed by atoms with Crippen molar-refractivity contribution in [2.45, 2.75) is 53.4 Å². The lowest BCUT2D eigenvalue weighted by atomic mass is 9.83. The highest BCUT2D eigenvalue weighted by molar-refractivity contribution is 5.91. The van der Waals surface area contributed by atoms with E-state index >= 15 is 0 Å². The molecule has 1 nitrogen and oxygen atoms in total. The van der Waals surface area contributed by atoms with E-state index in [4.69, 9.17) is 0 Å². The van der Waals surface area contributed by atoms with Crippen molar-refractivity contribution in [2.75, 3.05) is 0 Å². The summed E-state index contributed by atoms with van der Waals surface area (Å²) in [5.41, 5.74) is 0. The summed E-state index contributed by atoms with van der Waals surface area (Å²) in [6.45, 7) is 8.44. The van der Waals surface area contributed by atoms with Gasteiger partial charge in [-0.2, -0.15) is 0 Å². The van der Waals surface area contributed by atoms with E-state index in [0.717, 1.165) is 19.3 Å². The average molecular weight is 196 g/mol.